The highest BCUT2D eigenvalue weighted by Crippen LogP contribution is 2.28. The van der Waals surface area contributed by atoms with Crippen LogP contribution in [0.5, 0.6) is 0 Å². The normalized spacial score (nSPS) is 22.8. The lowest BCUT2D eigenvalue weighted by Gasteiger charge is -2.23. The van der Waals surface area contributed by atoms with Crippen LogP contribution >= 0.6 is 0 Å². The maximum absolute atomic E-state index is 10.3. The molecule has 0 amide bonds. The second kappa shape index (κ2) is 5.71. The third kappa shape index (κ3) is 3.13. The Morgan fingerprint density at radius 1 is 1.42 bits per heavy atom. The topological polar surface area (TPSA) is 79.3 Å². The molecule has 2 heterocycles. The van der Waals surface area contributed by atoms with Gasteiger partial charge in [-0.15, -0.1) is 0 Å². The quantitative estimate of drug-likeness (QED) is 0.743. The predicted molar refractivity (Wildman–Crippen MR) is 74.5 cm³/mol. The molecular formula is C13H22N4O2. The highest BCUT2D eigenvalue weighted by molar-refractivity contribution is 5.58. The van der Waals surface area contributed by atoms with Crippen molar-refractivity contribution < 1.29 is 9.84 Å². The standard InChI is InChI=1S/C13H22N4O2/c1-9(2)10-11(14-3)16-8-17-12(10)15-6-13(18)4-5-19-7-13/h8-9,18H,4-7H2,1-3H3,(H2,14,15,16,17). The number of hydrogen-bond donors (Lipinski definition) is 3. The number of nitrogens with one attached hydrogen (secondary N) is 2. The van der Waals surface area contributed by atoms with Gasteiger partial charge in [0, 0.05) is 32.2 Å². The Morgan fingerprint density at radius 3 is 2.74 bits per heavy atom. The van der Waals surface area contributed by atoms with Gasteiger partial charge in [-0.1, -0.05) is 13.8 Å². The highest BCUT2D eigenvalue weighted by atomic mass is 16.5. The molecule has 0 bridgehead atoms. The Kier molecular flexibility index (Phi) is 4.21. The van der Waals surface area contributed by atoms with Crippen molar-refractivity contribution in [1.82, 2.24) is 9.97 Å². The van der Waals surface area contributed by atoms with Crippen LogP contribution in [0.25, 0.3) is 0 Å². The summed E-state index contributed by atoms with van der Waals surface area (Å²) in [5.41, 5.74) is 0.242. The monoisotopic (exact) mass is 266 g/mol. The Hall–Kier alpha value is -1.40. The zero-order valence-electron chi connectivity index (χ0n) is 11.7. The van der Waals surface area contributed by atoms with E-state index in [9.17, 15) is 5.11 Å². The number of aromatic nitrogens is 2. The van der Waals surface area contributed by atoms with Crippen LogP contribution in [0.3, 0.4) is 0 Å². The maximum Gasteiger partial charge on any atom is 0.135 e. The lowest BCUT2D eigenvalue weighted by Crippen LogP contribution is -2.37. The van der Waals surface area contributed by atoms with Crippen LogP contribution in [0.1, 0.15) is 31.7 Å². The first-order valence-corrected chi connectivity index (χ1v) is 6.62. The summed E-state index contributed by atoms with van der Waals surface area (Å²) in [6, 6.07) is 0. The summed E-state index contributed by atoms with van der Waals surface area (Å²) in [6.07, 6.45) is 2.18. The first kappa shape index (κ1) is 14.0. The summed E-state index contributed by atoms with van der Waals surface area (Å²) < 4.78 is 5.24. The van der Waals surface area contributed by atoms with Crippen molar-refractivity contribution in [1.29, 1.82) is 0 Å². The van der Waals surface area contributed by atoms with E-state index in [0.717, 1.165) is 17.2 Å². The van der Waals surface area contributed by atoms with E-state index in [2.05, 4.69) is 34.4 Å². The minimum atomic E-state index is -0.793. The summed E-state index contributed by atoms with van der Waals surface area (Å²) in [7, 11) is 1.84. The highest BCUT2D eigenvalue weighted by Gasteiger charge is 2.32. The number of hydrogen-bond acceptors (Lipinski definition) is 6. The van der Waals surface area contributed by atoms with Gasteiger partial charge in [0.25, 0.3) is 0 Å². The van der Waals surface area contributed by atoms with Crippen molar-refractivity contribution in [2.75, 3.05) is 37.4 Å². The molecule has 1 aliphatic heterocycles. The number of anilines is 2. The summed E-state index contributed by atoms with van der Waals surface area (Å²) in [5, 5.41) is 16.6. The molecule has 1 aliphatic rings. The van der Waals surface area contributed by atoms with Crippen LogP contribution < -0.4 is 10.6 Å². The minimum absolute atomic E-state index is 0.292. The SMILES string of the molecule is CNc1ncnc(NCC2(O)CCOC2)c1C(C)C. The third-order valence-electron chi connectivity index (χ3n) is 3.37. The fourth-order valence-corrected chi connectivity index (χ4v) is 2.27. The van der Waals surface area contributed by atoms with Gasteiger partial charge in [-0.2, -0.15) is 0 Å². The Morgan fingerprint density at radius 2 is 2.16 bits per heavy atom. The lowest BCUT2D eigenvalue weighted by atomic mass is 10.0. The summed E-state index contributed by atoms with van der Waals surface area (Å²) in [4.78, 5) is 8.51. The molecule has 1 aromatic rings. The molecule has 1 unspecified atom stereocenters. The molecule has 1 atom stereocenters. The molecule has 6 heteroatoms. The van der Waals surface area contributed by atoms with Gasteiger partial charge in [-0.25, -0.2) is 9.97 Å². The molecule has 1 fully saturated rings. The second-order valence-electron chi connectivity index (χ2n) is 5.27. The second-order valence-corrected chi connectivity index (χ2v) is 5.27. The fourth-order valence-electron chi connectivity index (χ4n) is 2.27. The Bertz CT molecular complexity index is 431. The Labute approximate surface area is 113 Å². The molecule has 0 aliphatic carbocycles. The van der Waals surface area contributed by atoms with E-state index in [0.29, 0.717) is 32.1 Å². The van der Waals surface area contributed by atoms with E-state index < -0.39 is 5.60 Å². The van der Waals surface area contributed by atoms with Crippen LogP contribution in [0.2, 0.25) is 0 Å². The van der Waals surface area contributed by atoms with Gasteiger partial charge < -0.3 is 20.5 Å². The average molecular weight is 266 g/mol. The van der Waals surface area contributed by atoms with E-state index in [1.807, 2.05) is 7.05 Å². The number of ether oxygens (including phenoxy) is 1. The van der Waals surface area contributed by atoms with Crippen molar-refractivity contribution in [2.45, 2.75) is 31.8 Å². The molecule has 19 heavy (non-hydrogen) atoms. The molecule has 6 nitrogen and oxygen atoms in total. The number of nitrogens with zero attached hydrogens (tertiary/aromatic N) is 2. The van der Waals surface area contributed by atoms with Gasteiger partial charge >= 0.3 is 0 Å². The molecule has 0 radical (unpaired) electrons. The van der Waals surface area contributed by atoms with E-state index >= 15 is 0 Å². The first-order valence-electron chi connectivity index (χ1n) is 6.62. The van der Waals surface area contributed by atoms with Gasteiger partial charge in [-0.05, 0) is 5.92 Å². The molecule has 0 aromatic carbocycles. The van der Waals surface area contributed by atoms with E-state index in [1.165, 1.54) is 6.33 Å². The van der Waals surface area contributed by atoms with Crippen molar-refractivity contribution >= 4 is 11.6 Å². The van der Waals surface area contributed by atoms with Gasteiger partial charge in [0.2, 0.25) is 0 Å². The van der Waals surface area contributed by atoms with Gasteiger partial charge in [-0.3, -0.25) is 0 Å². The first-order chi connectivity index (χ1) is 9.06. The zero-order valence-corrected chi connectivity index (χ0v) is 11.7. The minimum Gasteiger partial charge on any atom is -0.386 e. The van der Waals surface area contributed by atoms with E-state index in [4.69, 9.17) is 4.74 Å². The molecule has 106 valence electrons. The van der Waals surface area contributed by atoms with Crippen molar-refractivity contribution in [3.63, 3.8) is 0 Å². The molecule has 1 aromatic heterocycles. The average Bonchev–Trinajstić information content (AvgIpc) is 2.83. The summed E-state index contributed by atoms with van der Waals surface area (Å²) in [6.45, 7) is 5.62. The smallest absolute Gasteiger partial charge is 0.135 e. The Balaban J connectivity index is 2.15. The fraction of sp³-hybridized carbons (Fsp3) is 0.692. The van der Waals surface area contributed by atoms with Gasteiger partial charge in [0.05, 0.1) is 6.61 Å². The molecule has 1 saturated heterocycles. The molecule has 0 saturated carbocycles. The largest absolute Gasteiger partial charge is 0.386 e. The van der Waals surface area contributed by atoms with Crippen molar-refractivity contribution in [3.8, 4) is 0 Å². The van der Waals surface area contributed by atoms with E-state index in [-0.39, 0.29) is 0 Å². The zero-order chi connectivity index (χ0) is 13.9. The van der Waals surface area contributed by atoms with Crippen LogP contribution in [-0.2, 0) is 4.74 Å². The van der Waals surface area contributed by atoms with Crippen molar-refractivity contribution in [3.05, 3.63) is 11.9 Å². The molecule has 0 spiro atoms. The van der Waals surface area contributed by atoms with E-state index in [1.54, 1.807) is 0 Å². The molecule has 3 N–H and O–H groups in total. The van der Waals surface area contributed by atoms with Crippen LogP contribution in [-0.4, -0.2) is 47.5 Å². The van der Waals surface area contributed by atoms with Crippen molar-refractivity contribution in [2.24, 2.45) is 0 Å². The molecule has 2 rings (SSSR count). The number of aliphatic hydroxyl groups is 1. The van der Waals surface area contributed by atoms with Crippen LogP contribution in [0.15, 0.2) is 6.33 Å². The lowest BCUT2D eigenvalue weighted by molar-refractivity contribution is 0.0381. The summed E-state index contributed by atoms with van der Waals surface area (Å²) in [5.74, 6) is 1.89. The van der Waals surface area contributed by atoms with Gasteiger partial charge in [0.15, 0.2) is 0 Å². The maximum atomic E-state index is 10.3. The van der Waals surface area contributed by atoms with Crippen LogP contribution in [0, 0.1) is 0 Å². The summed E-state index contributed by atoms with van der Waals surface area (Å²) >= 11 is 0. The number of rotatable bonds is 5. The van der Waals surface area contributed by atoms with Crippen LogP contribution in [0.4, 0.5) is 11.6 Å². The van der Waals surface area contributed by atoms with Gasteiger partial charge in [0.1, 0.15) is 23.6 Å². The molecular weight excluding hydrogens is 244 g/mol. The third-order valence-corrected chi connectivity index (χ3v) is 3.37. The predicted octanol–water partition coefficient (Wildman–Crippen LogP) is 1.20.